The van der Waals surface area contributed by atoms with Gasteiger partial charge in [-0.1, -0.05) is 34.8 Å². The summed E-state index contributed by atoms with van der Waals surface area (Å²) in [5.74, 6) is 0.693. The van der Waals surface area contributed by atoms with Crippen LogP contribution in [-0.4, -0.2) is 0 Å². The molecule has 1 aromatic rings. The van der Waals surface area contributed by atoms with Gasteiger partial charge in [-0.3, -0.25) is 0 Å². The lowest BCUT2D eigenvalue weighted by molar-refractivity contribution is 0.444. The van der Waals surface area contributed by atoms with Gasteiger partial charge >= 0.3 is 0 Å². The van der Waals surface area contributed by atoms with Crippen LogP contribution in [0.4, 0.5) is 0 Å². The number of aryl methyl sites for hydroxylation is 1. The minimum Gasteiger partial charge on any atom is -0.324 e. The molecule has 1 atom stereocenters. The van der Waals surface area contributed by atoms with Gasteiger partial charge in [0.25, 0.3) is 0 Å². The van der Waals surface area contributed by atoms with Crippen LogP contribution in [0.5, 0.6) is 0 Å². The molecule has 0 aliphatic heterocycles. The molecular formula is C13H18BrN. The molecule has 82 valence electrons. The first kappa shape index (κ1) is 11.2. The highest BCUT2D eigenvalue weighted by Crippen LogP contribution is 2.35. The van der Waals surface area contributed by atoms with Crippen molar-refractivity contribution in [1.82, 2.24) is 0 Å². The molecule has 1 saturated carbocycles. The molecule has 0 spiro atoms. The van der Waals surface area contributed by atoms with Crippen LogP contribution in [-0.2, 0) is 0 Å². The van der Waals surface area contributed by atoms with Gasteiger partial charge in [0.05, 0.1) is 0 Å². The van der Waals surface area contributed by atoms with Crippen molar-refractivity contribution in [2.75, 3.05) is 0 Å². The fraction of sp³-hybridized carbons (Fsp3) is 0.538. The quantitative estimate of drug-likeness (QED) is 0.863. The Bertz CT molecular complexity index is 322. The van der Waals surface area contributed by atoms with Crippen LogP contribution >= 0.6 is 15.9 Å². The molecule has 1 unspecified atom stereocenters. The van der Waals surface area contributed by atoms with E-state index in [0.717, 1.165) is 4.47 Å². The predicted octanol–water partition coefficient (Wildman–Crippen LogP) is 3.95. The van der Waals surface area contributed by atoms with Gasteiger partial charge in [0.1, 0.15) is 0 Å². The van der Waals surface area contributed by atoms with E-state index >= 15 is 0 Å². The fourth-order valence-corrected chi connectivity index (χ4v) is 3.17. The molecule has 0 saturated heterocycles. The lowest BCUT2D eigenvalue weighted by Gasteiger charge is -2.19. The van der Waals surface area contributed by atoms with Crippen molar-refractivity contribution in [3.63, 3.8) is 0 Å². The summed E-state index contributed by atoms with van der Waals surface area (Å²) in [6, 6.07) is 6.73. The van der Waals surface area contributed by atoms with Crippen LogP contribution in [0.2, 0.25) is 0 Å². The topological polar surface area (TPSA) is 26.0 Å². The zero-order chi connectivity index (χ0) is 10.8. The lowest BCUT2D eigenvalue weighted by Crippen LogP contribution is -2.19. The van der Waals surface area contributed by atoms with Crippen LogP contribution in [0, 0.1) is 12.8 Å². The predicted molar refractivity (Wildman–Crippen MR) is 67.8 cm³/mol. The minimum atomic E-state index is 0.226. The molecule has 2 N–H and O–H groups in total. The summed E-state index contributed by atoms with van der Waals surface area (Å²) in [5.41, 5.74) is 8.89. The monoisotopic (exact) mass is 267 g/mol. The highest BCUT2D eigenvalue weighted by atomic mass is 79.9. The first-order chi connectivity index (χ1) is 7.16. The third-order valence-electron chi connectivity index (χ3n) is 3.36. The molecule has 0 amide bonds. The molecule has 0 radical (unpaired) electrons. The van der Waals surface area contributed by atoms with Crippen molar-refractivity contribution in [1.29, 1.82) is 0 Å². The summed E-state index contributed by atoms with van der Waals surface area (Å²) in [4.78, 5) is 0. The van der Waals surface area contributed by atoms with E-state index in [4.69, 9.17) is 5.73 Å². The maximum absolute atomic E-state index is 6.32. The second-order valence-corrected chi connectivity index (χ2v) is 5.55. The van der Waals surface area contributed by atoms with Gasteiger partial charge in [0, 0.05) is 10.5 Å². The number of nitrogens with two attached hydrogens (primary N) is 1. The normalized spacial score (nSPS) is 19.4. The van der Waals surface area contributed by atoms with E-state index in [1.807, 2.05) is 0 Å². The molecule has 0 aromatic heterocycles. The second kappa shape index (κ2) is 4.67. The van der Waals surface area contributed by atoms with Gasteiger partial charge in [0.2, 0.25) is 0 Å². The fourth-order valence-electron chi connectivity index (χ4n) is 2.55. The Morgan fingerprint density at radius 3 is 2.53 bits per heavy atom. The zero-order valence-electron chi connectivity index (χ0n) is 9.17. The first-order valence-electron chi connectivity index (χ1n) is 5.69. The maximum Gasteiger partial charge on any atom is 0.0324 e. The summed E-state index contributed by atoms with van der Waals surface area (Å²) >= 11 is 3.53. The van der Waals surface area contributed by atoms with Gasteiger partial charge in [-0.15, -0.1) is 0 Å². The number of hydrogen-bond donors (Lipinski definition) is 1. The van der Waals surface area contributed by atoms with Crippen LogP contribution in [0.3, 0.4) is 0 Å². The molecule has 2 rings (SSSR count). The standard InChI is InChI=1S/C13H18BrN/c1-9-6-11(8-12(14)7-9)13(15)10-4-2-3-5-10/h6-8,10,13H,2-5,15H2,1H3. The Labute approximate surface area is 100 Å². The van der Waals surface area contributed by atoms with E-state index in [1.165, 1.54) is 36.8 Å². The summed E-state index contributed by atoms with van der Waals surface area (Å²) in [6.07, 6.45) is 5.30. The number of hydrogen-bond acceptors (Lipinski definition) is 1. The Kier molecular flexibility index (Phi) is 3.47. The number of rotatable bonds is 2. The average molecular weight is 268 g/mol. The largest absolute Gasteiger partial charge is 0.324 e. The Hall–Kier alpha value is -0.340. The molecule has 1 fully saturated rings. The summed E-state index contributed by atoms with van der Waals surface area (Å²) in [6.45, 7) is 2.12. The summed E-state index contributed by atoms with van der Waals surface area (Å²) in [7, 11) is 0. The Morgan fingerprint density at radius 1 is 1.27 bits per heavy atom. The van der Waals surface area contributed by atoms with E-state index in [-0.39, 0.29) is 6.04 Å². The smallest absolute Gasteiger partial charge is 0.0324 e. The van der Waals surface area contributed by atoms with Gasteiger partial charge in [-0.05, 0) is 48.9 Å². The lowest BCUT2D eigenvalue weighted by atomic mass is 9.92. The van der Waals surface area contributed by atoms with Gasteiger partial charge in [0.15, 0.2) is 0 Å². The van der Waals surface area contributed by atoms with Crippen molar-refractivity contribution >= 4 is 15.9 Å². The minimum absolute atomic E-state index is 0.226. The zero-order valence-corrected chi connectivity index (χ0v) is 10.8. The molecule has 0 heterocycles. The van der Waals surface area contributed by atoms with Crippen molar-refractivity contribution in [2.45, 2.75) is 38.6 Å². The van der Waals surface area contributed by atoms with Crippen LogP contribution in [0.25, 0.3) is 0 Å². The molecule has 15 heavy (non-hydrogen) atoms. The van der Waals surface area contributed by atoms with Crippen LogP contribution in [0.1, 0.15) is 42.9 Å². The highest BCUT2D eigenvalue weighted by Gasteiger charge is 2.23. The summed E-state index contributed by atoms with van der Waals surface area (Å²) < 4.78 is 1.14. The molecule has 1 aromatic carbocycles. The third-order valence-corrected chi connectivity index (χ3v) is 3.81. The first-order valence-corrected chi connectivity index (χ1v) is 6.49. The Balaban J connectivity index is 2.20. The molecule has 1 aliphatic rings. The third kappa shape index (κ3) is 2.61. The van der Waals surface area contributed by atoms with Gasteiger partial charge in [-0.2, -0.15) is 0 Å². The van der Waals surface area contributed by atoms with Crippen LogP contribution in [0.15, 0.2) is 22.7 Å². The number of halogens is 1. The SMILES string of the molecule is Cc1cc(Br)cc(C(N)C2CCCC2)c1. The van der Waals surface area contributed by atoms with E-state index < -0.39 is 0 Å². The van der Waals surface area contributed by atoms with Crippen molar-refractivity contribution in [2.24, 2.45) is 11.7 Å². The average Bonchev–Trinajstić information content (AvgIpc) is 2.67. The van der Waals surface area contributed by atoms with E-state index in [0.29, 0.717) is 5.92 Å². The van der Waals surface area contributed by atoms with Crippen molar-refractivity contribution in [3.05, 3.63) is 33.8 Å². The van der Waals surface area contributed by atoms with Gasteiger partial charge in [-0.25, -0.2) is 0 Å². The Morgan fingerprint density at radius 2 is 1.93 bits per heavy atom. The second-order valence-electron chi connectivity index (χ2n) is 4.63. The van der Waals surface area contributed by atoms with E-state index in [2.05, 4.69) is 41.1 Å². The van der Waals surface area contributed by atoms with Crippen molar-refractivity contribution in [3.8, 4) is 0 Å². The maximum atomic E-state index is 6.32. The van der Waals surface area contributed by atoms with E-state index in [1.54, 1.807) is 0 Å². The van der Waals surface area contributed by atoms with Gasteiger partial charge < -0.3 is 5.73 Å². The molecule has 1 aliphatic carbocycles. The van der Waals surface area contributed by atoms with E-state index in [9.17, 15) is 0 Å². The van der Waals surface area contributed by atoms with Crippen LogP contribution < -0.4 is 5.73 Å². The molecule has 1 nitrogen and oxygen atoms in total. The summed E-state index contributed by atoms with van der Waals surface area (Å²) in [5, 5.41) is 0. The molecular weight excluding hydrogens is 250 g/mol. The number of benzene rings is 1. The molecule has 2 heteroatoms. The molecule has 0 bridgehead atoms. The highest BCUT2D eigenvalue weighted by molar-refractivity contribution is 9.10. The van der Waals surface area contributed by atoms with Crippen molar-refractivity contribution < 1.29 is 0 Å².